The first kappa shape index (κ1) is 13.7. The standard InChI is InChI=1S/C18H17NO2/c1-21-18(13-7-3-2-4-8-13)17(20)16-12-19-11-14-9-5-6-10-15(14)16/h2-12,17-18,20H,1H3. The van der Waals surface area contributed by atoms with Crippen molar-refractivity contribution in [3.8, 4) is 0 Å². The summed E-state index contributed by atoms with van der Waals surface area (Å²) in [6, 6.07) is 17.6. The second-order valence-corrected chi connectivity index (χ2v) is 4.96. The third-order valence-electron chi connectivity index (χ3n) is 3.69. The third kappa shape index (κ3) is 2.66. The number of ether oxygens (including phenoxy) is 1. The fraction of sp³-hybridized carbons (Fsp3) is 0.167. The van der Waals surface area contributed by atoms with Crippen molar-refractivity contribution in [2.45, 2.75) is 12.2 Å². The molecule has 0 radical (unpaired) electrons. The summed E-state index contributed by atoms with van der Waals surface area (Å²) in [6.07, 6.45) is 2.33. The molecule has 2 unspecified atom stereocenters. The Kier molecular flexibility index (Phi) is 3.95. The minimum atomic E-state index is -0.768. The average molecular weight is 279 g/mol. The smallest absolute Gasteiger partial charge is 0.112 e. The van der Waals surface area contributed by atoms with E-state index >= 15 is 0 Å². The maximum atomic E-state index is 10.8. The van der Waals surface area contributed by atoms with Gasteiger partial charge in [-0.05, 0) is 10.9 Å². The summed E-state index contributed by atoms with van der Waals surface area (Å²) in [7, 11) is 1.61. The fourth-order valence-corrected chi connectivity index (χ4v) is 2.63. The van der Waals surface area contributed by atoms with Crippen LogP contribution in [0.15, 0.2) is 67.0 Å². The predicted molar refractivity (Wildman–Crippen MR) is 82.9 cm³/mol. The van der Waals surface area contributed by atoms with Crippen molar-refractivity contribution >= 4 is 10.8 Å². The van der Waals surface area contributed by atoms with Gasteiger partial charge in [0.05, 0.1) is 0 Å². The van der Waals surface area contributed by atoms with Gasteiger partial charge in [-0.3, -0.25) is 4.98 Å². The Bertz CT molecular complexity index is 722. The van der Waals surface area contributed by atoms with Crippen molar-refractivity contribution in [2.75, 3.05) is 7.11 Å². The Labute approximate surface area is 123 Å². The Morgan fingerprint density at radius 1 is 0.952 bits per heavy atom. The number of aliphatic hydroxyl groups excluding tert-OH is 1. The van der Waals surface area contributed by atoms with Crippen molar-refractivity contribution in [3.63, 3.8) is 0 Å². The molecule has 0 aliphatic carbocycles. The lowest BCUT2D eigenvalue weighted by Crippen LogP contribution is -2.13. The van der Waals surface area contributed by atoms with Crippen molar-refractivity contribution in [1.29, 1.82) is 0 Å². The molecule has 0 saturated carbocycles. The van der Waals surface area contributed by atoms with Gasteiger partial charge in [-0.1, -0.05) is 54.6 Å². The van der Waals surface area contributed by atoms with E-state index in [0.717, 1.165) is 21.9 Å². The number of hydrogen-bond donors (Lipinski definition) is 1. The first-order chi connectivity index (χ1) is 10.3. The van der Waals surface area contributed by atoms with E-state index in [1.54, 1.807) is 19.5 Å². The zero-order chi connectivity index (χ0) is 14.7. The van der Waals surface area contributed by atoms with Crippen LogP contribution < -0.4 is 0 Å². The third-order valence-corrected chi connectivity index (χ3v) is 3.69. The number of rotatable bonds is 4. The van der Waals surface area contributed by atoms with Gasteiger partial charge in [0, 0.05) is 30.5 Å². The molecule has 0 spiro atoms. The average Bonchev–Trinajstić information content (AvgIpc) is 2.56. The molecular formula is C18H17NO2. The van der Waals surface area contributed by atoms with Crippen LogP contribution in [-0.4, -0.2) is 17.2 Å². The lowest BCUT2D eigenvalue weighted by molar-refractivity contribution is -0.0143. The highest BCUT2D eigenvalue weighted by atomic mass is 16.5. The van der Waals surface area contributed by atoms with Gasteiger partial charge < -0.3 is 9.84 Å². The zero-order valence-corrected chi connectivity index (χ0v) is 11.8. The highest BCUT2D eigenvalue weighted by molar-refractivity contribution is 5.85. The van der Waals surface area contributed by atoms with Crippen LogP contribution in [0.1, 0.15) is 23.3 Å². The van der Waals surface area contributed by atoms with E-state index in [1.165, 1.54) is 0 Å². The second kappa shape index (κ2) is 6.04. The molecule has 3 nitrogen and oxygen atoms in total. The van der Waals surface area contributed by atoms with Gasteiger partial charge in [-0.25, -0.2) is 0 Å². The normalized spacial score (nSPS) is 14.0. The molecule has 0 bridgehead atoms. The number of pyridine rings is 1. The van der Waals surface area contributed by atoms with Crippen LogP contribution in [0, 0.1) is 0 Å². The van der Waals surface area contributed by atoms with Gasteiger partial charge in [-0.2, -0.15) is 0 Å². The molecule has 0 fully saturated rings. The first-order valence-corrected chi connectivity index (χ1v) is 6.89. The number of aromatic nitrogens is 1. The molecule has 1 aromatic heterocycles. The lowest BCUT2D eigenvalue weighted by atomic mass is 9.96. The molecule has 0 amide bonds. The molecule has 2 atom stereocenters. The summed E-state index contributed by atoms with van der Waals surface area (Å²) >= 11 is 0. The Balaban J connectivity index is 2.05. The minimum Gasteiger partial charge on any atom is -0.385 e. The molecule has 0 aliphatic rings. The Morgan fingerprint density at radius 3 is 2.43 bits per heavy atom. The molecule has 1 N–H and O–H groups in total. The van der Waals surface area contributed by atoms with Gasteiger partial charge in [0.2, 0.25) is 0 Å². The number of nitrogens with zero attached hydrogens (tertiary/aromatic N) is 1. The lowest BCUT2D eigenvalue weighted by Gasteiger charge is -2.23. The minimum absolute atomic E-state index is 0.418. The van der Waals surface area contributed by atoms with Gasteiger partial charge in [0.25, 0.3) is 0 Å². The molecule has 3 heteroatoms. The number of fused-ring (bicyclic) bond motifs is 1. The Morgan fingerprint density at radius 2 is 1.67 bits per heavy atom. The van der Waals surface area contributed by atoms with E-state index in [4.69, 9.17) is 4.74 Å². The van der Waals surface area contributed by atoms with Crippen LogP contribution in [0.5, 0.6) is 0 Å². The molecular weight excluding hydrogens is 262 g/mol. The fourth-order valence-electron chi connectivity index (χ4n) is 2.63. The largest absolute Gasteiger partial charge is 0.385 e. The van der Waals surface area contributed by atoms with Crippen LogP contribution in [0.3, 0.4) is 0 Å². The van der Waals surface area contributed by atoms with Crippen LogP contribution >= 0.6 is 0 Å². The summed E-state index contributed by atoms with van der Waals surface area (Å²) in [5.74, 6) is 0. The van der Waals surface area contributed by atoms with Crippen molar-refractivity contribution in [1.82, 2.24) is 4.98 Å². The van der Waals surface area contributed by atoms with Crippen molar-refractivity contribution in [3.05, 3.63) is 78.1 Å². The zero-order valence-electron chi connectivity index (χ0n) is 11.8. The van der Waals surface area contributed by atoms with E-state index < -0.39 is 12.2 Å². The van der Waals surface area contributed by atoms with Crippen LogP contribution in [0.4, 0.5) is 0 Å². The van der Waals surface area contributed by atoms with E-state index in [2.05, 4.69) is 4.98 Å². The summed E-state index contributed by atoms with van der Waals surface area (Å²) in [5.41, 5.74) is 1.73. The van der Waals surface area contributed by atoms with Crippen LogP contribution in [0.25, 0.3) is 10.8 Å². The molecule has 21 heavy (non-hydrogen) atoms. The molecule has 1 heterocycles. The maximum Gasteiger partial charge on any atom is 0.112 e. The highest BCUT2D eigenvalue weighted by Crippen LogP contribution is 2.34. The summed E-state index contributed by atoms with van der Waals surface area (Å²) in [6.45, 7) is 0. The topological polar surface area (TPSA) is 42.4 Å². The maximum absolute atomic E-state index is 10.8. The number of methoxy groups -OCH3 is 1. The second-order valence-electron chi connectivity index (χ2n) is 4.96. The summed E-state index contributed by atoms with van der Waals surface area (Å²) < 4.78 is 5.52. The molecule has 0 saturated heterocycles. The summed E-state index contributed by atoms with van der Waals surface area (Å²) in [5, 5.41) is 12.8. The van der Waals surface area contributed by atoms with Gasteiger partial charge >= 0.3 is 0 Å². The molecule has 0 aliphatic heterocycles. The van der Waals surface area contributed by atoms with Crippen LogP contribution in [-0.2, 0) is 4.74 Å². The molecule has 3 rings (SSSR count). The number of aliphatic hydroxyl groups is 1. The number of benzene rings is 2. The van der Waals surface area contributed by atoms with Gasteiger partial charge in [0.1, 0.15) is 12.2 Å². The van der Waals surface area contributed by atoms with Crippen molar-refractivity contribution in [2.24, 2.45) is 0 Å². The van der Waals surface area contributed by atoms with E-state index in [0.29, 0.717) is 0 Å². The number of hydrogen-bond acceptors (Lipinski definition) is 3. The predicted octanol–water partition coefficient (Wildman–Crippen LogP) is 3.66. The highest BCUT2D eigenvalue weighted by Gasteiger charge is 2.24. The summed E-state index contributed by atoms with van der Waals surface area (Å²) in [4.78, 5) is 4.23. The monoisotopic (exact) mass is 279 g/mol. The van der Waals surface area contributed by atoms with E-state index in [9.17, 15) is 5.11 Å². The molecule has 106 valence electrons. The van der Waals surface area contributed by atoms with E-state index in [1.807, 2.05) is 54.6 Å². The quantitative estimate of drug-likeness (QED) is 0.792. The molecule has 3 aromatic rings. The van der Waals surface area contributed by atoms with Gasteiger partial charge in [0.15, 0.2) is 0 Å². The van der Waals surface area contributed by atoms with Gasteiger partial charge in [-0.15, -0.1) is 0 Å². The SMILES string of the molecule is COC(c1ccccc1)C(O)c1cncc2ccccc12. The first-order valence-electron chi connectivity index (χ1n) is 6.89. The molecule has 2 aromatic carbocycles. The van der Waals surface area contributed by atoms with Crippen molar-refractivity contribution < 1.29 is 9.84 Å². The van der Waals surface area contributed by atoms with Crippen LogP contribution in [0.2, 0.25) is 0 Å². The Hall–Kier alpha value is -2.23. The van der Waals surface area contributed by atoms with E-state index in [-0.39, 0.29) is 0 Å².